The summed E-state index contributed by atoms with van der Waals surface area (Å²) in [7, 11) is -7.67. The first-order valence-electron chi connectivity index (χ1n) is 7.53. The molecule has 2 atom stereocenters. The van der Waals surface area contributed by atoms with Crippen LogP contribution in [0.5, 0.6) is 0 Å². The summed E-state index contributed by atoms with van der Waals surface area (Å²) in [6.45, 7) is 5.52. The number of benzene rings is 1. The Kier molecular flexibility index (Phi) is 5.64. The van der Waals surface area contributed by atoms with Crippen LogP contribution in [-0.2, 0) is 20.0 Å². The highest BCUT2D eigenvalue weighted by Crippen LogP contribution is 2.29. The van der Waals surface area contributed by atoms with Crippen molar-refractivity contribution in [2.24, 2.45) is 5.14 Å². The molecule has 6 nitrogen and oxygen atoms in total. The number of hydrogen-bond acceptors (Lipinski definition) is 4. The van der Waals surface area contributed by atoms with Gasteiger partial charge in [-0.1, -0.05) is 35.9 Å². The summed E-state index contributed by atoms with van der Waals surface area (Å²) in [6, 6.07) is 5.27. The summed E-state index contributed by atoms with van der Waals surface area (Å²) in [4.78, 5) is 0.136. The average molecular weight is 370 g/mol. The van der Waals surface area contributed by atoms with Crippen LogP contribution in [0, 0.1) is 6.92 Å². The largest absolute Gasteiger partial charge is 0.243 e. The minimum absolute atomic E-state index is 0.136. The van der Waals surface area contributed by atoms with Crippen molar-refractivity contribution in [3.8, 4) is 0 Å². The van der Waals surface area contributed by atoms with E-state index >= 15 is 0 Å². The number of primary sulfonamides is 1. The van der Waals surface area contributed by atoms with E-state index in [0.29, 0.717) is 12.8 Å². The van der Waals surface area contributed by atoms with Crippen molar-refractivity contribution >= 4 is 20.0 Å². The molecule has 0 saturated heterocycles. The predicted molar refractivity (Wildman–Crippen MR) is 94.3 cm³/mol. The third-order valence-corrected chi connectivity index (χ3v) is 6.72. The fourth-order valence-electron chi connectivity index (χ4n) is 2.82. The highest BCUT2D eigenvalue weighted by molar-refractivity contribution is 7.90. The molecule has 1 aliphatic heterocycles. The molecule has 1 aromatic carbocycles. The highest BCUT2D eigenvalue weighted by atomic mass is 32.2. The molecule has 0 spiro atoms. The van der Waals surface area contributed by atoms with Gasteiger partial charge < -0.3 is 0 Å². The first-order chi connectivity index (χ1) is 11.1. The Morgan fingerprint density at radius 1 is 1.25 bits per heavy atom. The second kappa shape index (κ2) is 7.18. The molecule has 0 saturated carbocycles. The maximum Gasteiger partial charge on any atom is 0.243 e. The van der Waals surface area contributed by atoms with Crippen LogP contribution in [0.15, 0.2) is 54.0 Å². The van der Waals surface area contributed by atoms with Crippen LogP contribution in [0.3, 0.4) is 0 Å². The number of aryl methyl sites for hydroxylation is 1. The van der Waals surface area contributed by atoms with Crippen molar-refractivity contribution < 1.29 is 16.8 Å². The summed E-state index contributed by atoms with van der Waals surface area (Å²) < 4.78 is 50.5. The van der Waals surface area contributed by atoms with Gasteiger partial charge in [-0.15, -0.1) is 6.58 Å². The average Bonchev–Trinajstić information content (AvgIpc) is 2.46. The highest BCUT2D eigenvalue weighted by Gasteiger charge is 2.38. The molecule has 1 heterocycles. The SMILES string of the molecule is C=CC[C@H]1C=CC[C@@H](CS(N)(=O)=O)N1S(=O)(=O)c1ccc(C)cc1. The van der Waals surface area contributed by atoms with Gasteiger partial charge in [0.15, 0.2) is 0 Å². The number of nitrogens with two attached hydrogens (primary N) is 1. The molecule has 0 amide bonds. The Morgan fingerprint density at radius 2 is 1.88 bits per heavy atom. The molecule has 0 aromatic heterocycles. The lowest BCUT2D eigenvalue weighted by Crippen LogP contribution is -2.51. The van der Waals surface area contributed by atoms with Gasteiger partial charge in [-0.3, -0.25) is 0 Å². The van der Waals surface area contributed by atoms with Crippen LogP contribution < -0.4 is 5.14 Å². The molecule has 0 aliphatic carbocycles. The maximum atomic E-state index is 13.1. The van der Waals surface area contributed by atoms with Crippen LogP contribution in [0.1, 0.15) is 18.4 Å². The van der Waals surface area contributed by atoms with Crippen LogP contribution in [-0.4, -0.2) is 39.0 Å². The number of rotatable bonds is 6. The second-order valence-electron chi connectivity index (χ2n) is 5.89. The Morgan fingerprint density at radius 3 is 2.42 bits per heavy atom. The van der Waals surface area contributed by atoms with Crippen molar-refractivity contribution in [1.29, 1.82) is 0 Å². The van der Waals surface area contributed by atoms with E-state index in [4.69, 9.17) is 5.14 Å². The molecule has 24 heavy (non-hydrogen) atoms. The Bertz CT molecular complexity index is 827. The zero-order valence-corrected chi connectivity index (χ0v) is 15.1. The lowest BCUT2D eigenvalue weighted by atomic mass is 10.0. The lowest BCUT2D eigenvalue weighted by Gasteiger charge is -2.37. The topological polar surface area (TPSA) is 97.5 Å². The van der Waals surface area contributed by atoms with Crippen molar-refractivity contribution in [2.45, 2.75) is 36.7 Å². The fraction of sp³-hybridized carbons (Fsp3) is 0.375. The zero-order valence-electron chi connectivity index (χ0n) is 13.5. The van der Waals surface area contributed by atoms with E-state index in [1.165, 1.54) is 16.4 Å². The third-order valence-electron chi connectivity index (χ3n) is 3.88. The van der Waals surface area contributed by atoms with Gasteiger partial charge in [0.05, 0.1) is 10.6 Å². The molecular weight excluding hydrogens is 348 g/mol. The molecule has 0 radical (unpaired) electrons. The zero-order chi connectivity index (χ0) is 18.0. The van der Waals surface area contributed by atoms with Crippen molar-refractivity contribution in [2.75, 3.05) is 5.75 Å². The molecule has 2 N–H and O–H groups in total. The number of hydrogen-bond donors (Lipinski definition) is 1. The second-order valence-corrected chi connectivity index (χ2v) is 9.39. The van der Waals surface area contributed by atoms with Crippen LogP contribution >= 0.6 is 0 Å². The minimum atomic E-state index is -3.86. The Hall–Kier alpha value is -1.48. The van der Waals surface area contributed by atoms with E-state index in [2.05, 4.69) is 6.58 Å². The number of sulfonamides is 2. The monoisotopic (exact) mass is 370 g/mol. The molecule has 0 unspecified atom stereocenters. The van der Waals surface area contributed by atoms with Crippen molar-refractivity contribution in [3.63, 3.8) is 0 Å². The van der Waals surface area contributed by atoms with E-state index in [-0.39, 0.29) is 4.90 Å². The van der Waals surface area contributed by atoms with Gasteiger partial charge in [0.1, 0.15) is 0 Å². The van der Waals surface area contributed by atoms with Crippen LogP contribution in [0.2, 0.25) is 0 Å². The summed E-state index contributed by atoms with van der Waals surface area (Å²) in [5.41, 5.74) is 0.941. The lowest BCUT2D eigenvalue weighted by molar-refractivity contribution is 0.284. The van der Waals surface area contributed by atoms with Crippen molar-refractivity contribution in [3.05, 3.63) is 54.6 Å². The standard InChI is InChI=1S/C16H22N2O4S2/c1-3-5-14-6-4-7-15(12-23(17,19)20)18(14)24(21,22)16-10-8-13(2)9-11-16/h3-4,6,8-11,14-15H,1,5,7,12H2,2H3,(H2,17,19,20)/t14-,15-/m0/s1. The normalized spacial score (nSPS) is 22.4. The van der Waals surface area contributed by atoms with Gasteiger partial charge in [0.25, 0.3) is 0 Å². The molecule has 1 aromatic rings. The number of nitrogens with zero attached hydrogens (tertiary/aromatic N) is 1. The molecule has 0 fully saturated rings. The Labute approximate surface area is 143 Å². The summed E-state index contributed by atoms with van der Waals surface area (Å²) >= 11 is 0. The van der Waals surface area contributed by atoms with Gasteiger partial charge in [-0.2, -0.15) is 4.31 Å². The smallest absolute Gasteiger partial charge is 0.229 e. The molecule has 2 rings (SSSR count). The van der Waals surface area contributed by atoms with E-state index in [1.54, 1.807) is 30.4 Å². The van der Waals surface area contributed by atoms with Gasteiger partial charge in [0, 0.05) is 12.1 Å². The van der Waals surface area contributed by atoms with Crippen LogP contribution in [0.25, 0.3) is 0 Å². The first kappa shape index (κ1) is 18.9. The minimum Gasteiger partial charge on any atom is -0.229 e. The van der Waals surface area contributed by atoms with Gasteiger partial charge in [-0.25, -0.2) is 22.0 Å². The van der Waals surface area contributed by atoms with E-state index in [9.17, 15) is 16.8 Å². The predicted octanol–water partition coefficient (Wildman–Crippen LogP) is 1.55. The molecule has 0 bridgehead atoms. The fourth-order valence-corrected chi connectivity index (χ4v) is 5.54. The van der Waals surface area contributed by atoms with Gasteiger partial charge >= 0.3 is 0 Å². The maximum absolute atomic E-state index is 13.1. The third kappa shape index (κ3) is 4.32. The summed E-state index contributed by atoms with van der Waals surface area (Å²) in [5, 5.41) is 5.16. The summed E-state index contributed by atoms with van der Waals surface area (Å²) in [6.07, 6.45) is 5.88. The molecular formula is C16H22N2O4S2. The van der Waals surface area contributed by atoms with E-state index < -0.39 is 37.9 Å². The molecule has 132 valence electrons. The van der Waals surface area contributed by atoms with Crippen molar-refractivity contribution in [1.82, 2.24) is 4.31 Å². The van der Waals surface area contributed by atoms with E-state index in [0.717, 1.165) is 5.56 Å². The van der Waals surface area contributed by atoms with Gasteiger partial charge in [-0.05, 0) is 31.9 Å². The first-order valence-corrected chi connectivity index (χ1v) is 10.7. The van der Waals surface area contributed by atoms with E-state index in [1.807, 2.05) is 6.92 Å². The molecule has 8 heteroatoms. The van der Waals surface area contributed by atoms with Crippen LogP contribution in [0.4, 0.5) is 0 Å². The Balaban J connectivity index is 2.50. The molecule has 1 aliphatic rings. The summed E-state index contributed by atoms with van der Waals surface area (Å²) in [5.74, 6) is -0.421. The van der Waals surface area contributed by atoms with Gasteiger partial charge in [0.2, 0.25) is 20.0 Å². The quantitative estimate of drug-likeness (QED) is 0.768.